The van der Waals surface area contributed by atoms with Gasteiger partial charge < -0.3 is 9.73 Å². The maximum absolute atomic E-state index is 5.49. The highest BCUT2D eigenvalue weighted by atomic mass is 16.3. The maximum Gasteiger partial charge on any atom is 0.198 e. The van der Waals surface area contributed by atoms with Gasteiger partial charge in [0.05, 0.1) is 6.26 Å². The minimum atomic E-state index is 0.697. The van der Waals surface area contributed by atoms with Crippen molar-refractivity contribution in [1.29, 1.82) is 0 Å². The Bertz CT molecular complexity index is 557. The molecule has 2 heterocycles. The van der Waals surface area contributed by atoms with Gasteiger partial charge in [-0.25, -0.2) is 9.97 Å². The highest BCUT2D eigenvalue weighted by Gasteiger charge is 2.19. The number of fused-ring (bicyclic) bond motifs is 1. The van der Waals surface area contributed by atoms with Crippen molar-refractivity contribution in [3.05, 3.63) is 29.2 Å². The van der Waals surface area contributed by atoms with Crippen molar-refractivity contribution in [2.75, 3.05) is 12.4 Å². The standard InChI is InChI=1S/C14H17N3O/c1-9-7-8-18-12(9)14-16-11-6-4-3-5-10(11)13(15-2)17-14/h7-8H,3-6H2,1-2H3,(H,15,16,17). The molecule has 2 aromatic heterocycles. The summed E-state index contributed by atoms with van der Waals surface area (Å²) in [4.78, 5) is 9.27. The number of nitrogens with zero attached hydrogens (tertiary/aromatic N) is 2. The van der Waals surface area contributed by atoms with Crippen LogP contribution in [-0.4, -0.2) is 17.0 Å². The van der Waals surface area contributed by atoms with Crippen molar-refractivity contribution in [3.63, 3.8) is 0 Å². The van der Waals surface area contributed by atoms with Crippen LogP contribution in [0.2, 0.25) is 0 Å². The van der Waals surface area contributed by atoms with Crippen LogP contribution in [-0.2, 0) is 12.8 Å². The van der Waals surface area contributed by atoms with Crippen molar-refractivity contribution in [1.82, 2.24) is 9.97 Å². The summed E-state index contributed by atoms with van der Waals surface area (Å²) in [6.07, 6.45) is 6.24. The maximum atomic E-state index is 5.49. The molecule has 0 unspecified atom stereocenters. The third kappa shape index (κ3) is 1.78. The highest BCUT2D eigenvalue weighted by molar-refractivity contribution is 5.58. The number of hydrogen-bond acceptors (Lipinski definition) is 4. The fourth-order valence-corrected chi connectivity index (χ4v) is 2.50. The first kappa shape index (κ1) is 11.3. The quantitative estimate of drug-likeness (QED) is 0.881. The number of furan rings is 1. The van der Waals surface area contributed by atoms with Crippen LogP contribution < -0.4 is 5.32 Å². The van der Waals surface area contributed by atoms with Crippen molar-refractivity contribution in [2.45, 2.75) is 32.6 Å². The van der Waals surface area contributed by atoms with E-state index in [1.165, 1.54) is 24.1 Å². The second kappa shape index (κ2) is 4.44. The largest absolute Gasteiger partial charge is 0.461 e. The molecule has 2 aromatic rings. The zero-order valence-corrected chi connectivity index (χ0v) is 10.8. The Balaban J connectivity index is 2.14. The number of hydrogen-bond donors (Lipinski definition) is 1. The molecule has 4 heteroatoms. The molecule has 0 spiro atoms. The molecule has 0 amide bonds. The average molecular weight is 243 g/mol. The van der Waals surface area contributed by atoms with E-state index in [0.29, 0.717) is 5.82 Å². The lowest BCUT2D eigenvalue weighted by Crippen LogP contribution is -2.11. The average Bonchev–Trinajstić information content (AvgIpc) is 2.83. The fraction of sp³-hybridized carbons (Fsp3) is 0.429. The van der Waals surface area contributed by atoms with E-state index in [2.05, 4.69) is 15.3 Å². The lowest BCUT2D eigenvalue weighted by molar-refractivity contribution is 0.573. The smallest absolute Gasteiger partial charge is 0.198 e. The Morgan fingerprint density at radius 1 is 1.22 bits per heavy atom. The predicted octanol–water partition coefficient (Wildman–Crippen LogP) is 2.97. The van der Waals surface area contributed by atoms with Crippen molar-refractivity contribution in [2.24, 2.45) is 0 Å². The van der Waals surface area contributed by atoms with Gasteiger partial charge in [-0.2, -0.15) is 0 Å². The molecule has 0 atom stereocenters. The van der Waals surface area contributed by atoms with Crippen LogP contribution in [0.15, 0.2) is 16.7 Å². The lowest BCUT2D eigenvalue weighted by atomic mass is 9.96. The fourth-order valence-electron chi connectivity index (χ4n) is 2.50. The van der Waals surface area contributed by atoms with Gasteiger partial charge in [0, 0.05) is 18.3 Å². The zero-order valence-electron chi connectivity index (χ0n) is 10.8. The molecule has 18 heavy (non-hydrogen) atoms. The van der Waals surface area contributed by atoms with Crippen LogP contribution in [0.4, 0.5) is 5.82 Å². The van der Waals surface area contributed by atoms with E-state index >= 15 is 0 Å². The summed E-state index contributed by atoms with van der Waals surface area (Å²) in [5.41, 5.74) is 3.52. The molecular formula is C14H17N3O. The highest BCUT2D eigenvalue weighted by Crippen LogP contribution is 2.29. The van der Waals surface area contributed by atoms with Gasteiger partial charge in [-0.05, 0) is 44.2 Å². The summed E-state index contributed by atoms with van der Waals surface area (Å²) in [5.74, 6) is 2.42. The number of rotatable bonds is 2. The van der Waals surface area contributed by atoms with Gasteiger partial charge in [0.15, 0.2) is 11.6 Å². The van der Waals surface area contributed by atoms with Gasteiger partial charge in [0.1, 0.15) is 5.82 Å². The van der Waals surface area contributed by atoms with E-state index in [4.69, 9.17) is 4.42 Å². The van der Waals surface area contributed by atoms with Crippen LogP contribution in [0.3, 0.4) is 0 Å². The van der Waals surface area contributed by atoms with E-state index < -0.39 is 0 Å². The van der Waals surface area contributed by atoms with Gasteiger partial charge in [-0.3, -0.25) is 0 Å². The van der Waals surface area contributed by atoms with Gasteiger partial charge >= 0.3 is 0 Å². The van der Waals surface area contributed by atoms with Gasteiger partial charge in [-0.15, -0.1) is 0 Å². The summed E-state index contributed by atoms with van der Waals surface area (Å²) >= 11 is 0. The third-order valence-electron chi connectivity index (χ3n) is 3.49. The summed E-state index contributed by atoms with van der Waals surface area (Å²) in [6.45, 7) is 2.01. The zero-order chi connectivity index (χ0) is 12.5. The van der Waals surface area contributed by atoms with Gasteiger partial charge in [0.25, 0.3) is 0 Å². The molecule has 1 aliphatic rings. The van der Waals surface area contributed by atoms with Crippen LogP contribution in [0.5, 0.6) is 0 Å². The van der Waals surface area contributed by atoms with Gasteiger partial charge in [0.2, 0.25) is 0 Å². The molecule has 0 saturated heterocycles. The molecule has 0 aromatic carbocycles. The first-order valence-corrected chi connectivity index (χ1v) is 6.41. The molecule has 0 bridgehead atoms. The molecular weight excluding hydrogens is 226 g/mol. The SMILES string of the molecule is CNc1nc(-c2occc2C)nc2c1CCCC2. The topological polar surface area (TPSA) is 51.0 Å². The molecule has 1 aliphatic carbocycles. The van der Waals surface area contributed by atoms with Crippen molar-refractivity contribution >= 4 is 5.82 Å². The van der Waals surface area contributed by atoms with Gasteiger partial charge in [-0.1, -0.05) is 0 Å². The first-order valence-electron chi connectivity index (χ1n) is 6.41. The van der Waals surface area contributed by atoms with E-state index in [1.807, 2.05) is 20.0 Å². The molecule has 0 radical (unpaired) electrons. The van der Waals surface area contributed by atoms with Crippen molar-refractivity contribution < 1.29 is 4.42 Å². The number of aromatic nitrogens is 2. The number of nitrogens with one attached hydrogen (secondary N) is 1. The van der Waals surface area contributed by atoms with Crippen molar-refractivity contribution in [3.8, 4) is 11.6 Å². The Hall–Kier alpha value is -1.84. The summed E-state index contributed by atoms with van der Waals surface area (Å²) in [6, 6.07) is 1.94. The molecule has 0 aliphatic heterocycles. The Labute approximate surface area is 106 Å². The molecule has 1 N–H and O–H groups in total. The molecule has 94 valence electrons. The predicted molar refractivity (Wildman–Crippen MR) is 70.7 cm³/mol. The normalized spacial score (nSPS) is 14.3. The Kier molecular flexibility index (Phi) is 2.78. The van der Waals surface area contributed by atoms with E-state index in [9.17, 15) is 0 Å². The van der Waals surface area contributed by atoms with E-state index in [1.54, 1.807) is 6.26 Å². The van der Waals surface area contributed by atoms with E-state index in [0.717, 1.165) is 30.0 Å². The molecule has 0 saturated carbocycles. The second-order valence-corrected chi connectivity index (χ2v) is 4.71. The van der Waals surface area contributed by atoms with Crippen LogP contribution in [0, 0.1) is 6.92 Å². The monoisotopic (exact) mass is 243 g/mol. The van der Waals surface area contributed by atoms with Crippen LogP contribution in [0.25, 0.3) is 11.6 Å². The molecule has 3 rings (SSSR count). The summed E-state index contributed by atoms with van der Waals surface area (Å²) in [7, 11) is 1.91. The summed E-state index contributed by atoms with van der Waals surface area (Å²) in [5, 5.41) is 3.18. The second-order valence-electron chi connectivity index (χ2n) is 4.71. The lowest BCUT2D eigenvalue weighted by Gasteiger charge is -2.18. The van der Waals surface area contributed by atoms with Crippen LogP contribution >= 0.6 is 0 Å². The molecule has 4 nitrogen and oxygen atoms in total. The number of anilines is 1. The Morgan fingerprint density at radius 3 is 2.78 bits per heavy atom. The third-order valence-corrected chi connectivity index (χ3v) is 3.49. The number of aryl methyl sites for hydroxylation is 2. The molecule has 0 fully saturated rings. The Morgan fingerprint density at radius 2 is 2.06 bits per heavy atom. The van der Waals surface area contributed by atoms with Crippen LogP contribution in [0.1, 0.15) is 29.7 Å². The van der Waals surface area contributed by atoms with E-state index in [-0.39, 0.29) is 0 Å². The summed E-state index contributed by atoms with van der Waals surface area (Å²) < 4.78 is 5.49. The minimum absolute atomic E-state index is 0.697. The first-order chi connectivity index (χ1) is 8.79. The minimum Gasteiger partial charge on any atom is -0.461 e.